The van der Waals surface area contributed by atoms with Crippen LogP contribution in [0.5, 0.6) is 5.75 Å². The third kappa shape index (κ3) is 10.5. The van der Waals surface area contributed by atoms with Gasteiger partial charge in [-0.2, -0.15) is 0 Å². The molecule has 12 heteroatoms. The Bertz CT molecular complexity index is 1010. The lowest BCUT2D eigenvalue weighted by Crippen LogP contribution is -2.49. The van der Waals surface area contributed by atoms with E-state index >= 15 is 0 Å². The van der Waals surface area contributed by atoms with Crippen LogP contribution in [0.1, 0.15) is 57.9 Å². The molecule has 3 rings (SSSR count). The molecule has 0 aromatic heterocycles. The molecule has 0 fully saturated rings. The number of benzene rings is 1. The van der Waals surface area contributed by atoms with Crippen molar-refractivity contribution in [2.75, 3.05) is 13.2 Å². The topological polar surface area (TPSA) is 206 Å². The molecule has 0 aliphatic carbocycles. The first-order valence-electron chi connectivity index (χ1n) is 13.3. The van der Waals surface area contributed by atoms with E-state index in [9.17, 15) is 29.5 Å². The van der Waals surface area contributed by atoms with Gasteiger partial charge in [0.1, 0.15) is 5.75 Å². The summed E-state index contributed by atoms with van der Waals surface area (Å²) < 4.78 is 5.77. The van der Waals surface area contributed by atoms with Crippen LogP contribution in [0.15, 0.2) is 29.3 Å². The molecule has 2 amide bonds. The third-order valence-corrected chi connectivity index (χ3v) is 6.79. The van der Waals surface area contributed by atoms with Gasteiger partial charge in [-0.15, -0.1) is 0 Å². The van der Waals surface area contributed by atoms with Crippen molar-refractivity contribution >= 4 is 29.5 Å². The van der Waals surface area contributed by atoms with Gasteiger partial charge in [0.25, 0.3) is 0 Å². The Morgan fingerprint density at radius 2 is 1.90 bits per heavy atom. The number of ketones is 1. The maximum Gasteiger partial charge on any atom is 0.306 e. The largest absolute Gasteiger partial charge is 0.494 e. The zero-order valence-electron chi connectivity index (χ0n) is 22.6. The minimum absolute atomic E-state index is 0.0486. The number of aliphatic carboxylic acids is 1. The van der Waals surface area contributed by atoms with Gasteiger partial charge in [-0.3, -0.25) is 29.4 Å². The quantitative estimate of drug-likeness (QED) is 0.0776. The minimum atomic E-state index is -1.13. The smallest absolute Gasteiger partial charge is 0.306 e. The Labute approximate surface area is 228 Å². The van der Waals surface area contributed by atoms with Crippen molar-refractivity contribution in [2.45, 2.75) is 64.8 Å². The fraction of sp³-hybridized carbons (Fsp3) is 0.593. The molecule has 216 valence electrons. The number of carboxylic acids is 1. The summed E-state index contributed by atoms with van der Waals surface area (Å²) in [5, 5.41) is 21.9. The molecule has 0 unspecified atom stereocenters. The summed E-state index contributed by atoms with van der Waals surface area (Å²) in [6, 6.07) is 6.09. The van der Waals surface area contributed by atoms with Crippen LogP contribution in [0.4, 0.5) is 0 Å². The fourth-order valence-corrected chi connectivity index (χ4v) is 4.78. The molecule has 0 radical (unpaired) electrons. The maximum absolute atomic E-state index is 13.6. The number of nitrogens with one attached hydrogen (secondary N) is 2. The van der Waals surface area contributed by atoms with E-state index in [4.69, 9.17) is 16.2 Å². The SMILES string of the molecule is CC(C)C[C@H]1C(=O)N[C@H](C(=O)C[C@@H](CCCN=C(N)N)C(=O)O)Cc2ccc(cc2)OCCC[C@@H]1C(=O)NO. The number of nitrogens with two attached hydrogens (primary N) is 2. The second kappa shape index (κ2) is 15.7. The van der Waals surface area contributed by atoms with Gasteiger partial charge in [0.05, 0.1) is 24.5 Å². The Morgan fingerprint density at radius 1 is 1.21 bits per heavy atom. The molecule has 2 aliphatic rings. The molecule has 0 saturated carbocycles. The van der Waals surface area contributed by atoms with Gasteiger partial charge >= 0.3 is 5.97 Å². The normalized spacial score (nSPS) is 20.7. The highest BCUT2D eigenvalue weighted by atomic mass is 16.5. The average molecular weight is 548 g/mol. The van der Waals surface area contributed by atoms with E-state index in [0.29, 0.717) is 31.6 Å². The predicted molar refractivity (Wildman–Crippen MR) is 144 cm³/mol. The molecular weight excluding hydrogens is 506 g/mol. The summed E-state index contributed by atoms with van der Waals surface area (Å²) in [6.45, 7) is 4.39. The third-order valence-electron chi connectivity index (χ3n) is 6.79. The number of carbonyl (C=O) groups excluding carboxylic acids is 3. The van der Waals surface area contributed by atoms with E-state index in [2.05, 4.69) is 10.3 Å². The first kappa shape index (κ1) is 31.5. The number of Topliss-reactive ketones (excluding diaryl/α,β-unsaturated/α-hetero) is 1. The van der Waals surface area contributed by atoms with Crippen LogP contribution >= 0.6 is 0 Å². The van der Waals surface area contributed by atoms with E-state index in [1.54, 1.807) is 29.7 Å². The van der Waals surface area contributed by atoms with E-state index in [0.717, 1.165) is 5.56 Å². The van der Waals surface area contributed by atoms with Crippen molar-refractivity contribution in [1.29, 1.82) is 0 Å². The summed E-state index contributed by atoms with van der Waals surface area (Å²) in [5.74, 6) is -4.80. The molecule has 1 aromatic rings. The lowest BCUT2D eigenvalue weighted by atomic mass is 9.81. The highest BCUT2D eigenvalue weighted by Crippen LogP contribution is 2.27. The minimum Gasteiger partial charge on any atom is -0.494 e. The van der Waals surface area contributed by atoms with Crippen LogP contribution in [0.3, 0.4) is 0 Å². The molecule has 4 atom stereocenters. The van der Waals surface area contributed by atoms with E-state index in [1.165, 1.54) is 0 Å². The van der Waals surface area contributed by atoms with Crippen molar-refractivity contribution in [3.8, 4) is 5.75 Å². The molecule has 2 aliphatic heterocycles. The van der Waals surface area contributed by atoms with Gasteiger partial charge in [0, 0.05) is 18.9 Å². The number of fused-ring (bicyclic) bond motifs is 11. The Kier molecular flexibility index (Phi) is 12.7. The first-order chi connectivity index (χ1) is 18.5. The van der Waals surface area contributed by atoms with Crippen LogP contribution in [-0.2, 0) is 25.6 Å². The lowest BCUT2D eigenvalue weighted by molar-refractivity contribution is -0.145. The molecule has 2 bridgehead atoms. The van der Waals surface area contributed by atoms with Crippen LogP contribution in [0.25, 0.3) is 0 Å². The van der Waals surface area contributed by atoms with Crippen LogP contribution in [0.2, 0.25) is 0 Å². The monoisotopic (exact) mass is 547 g/mol. The van der Waals surface area contributed by atoms with E-state index < -0.39 is 47.4 Å². The Balaban J connectivity index is 2.35. The second-order valence-electron chi connectivity index (χ2n) is 10.4. The first-order valence-corrected chi connectivity index (χ1v) is 13.3. The zero-order valence-corrected chi connectivity index (χ0v) is 22.6. The Hall–Kier alpha value is -3.67. The molecule has 2 heterocycles. The predicted octanol–water partition coefficient (Wildman–Crippen LogP) is 1.38. The maximum atomic E-state index is 13.6. The molecule has 39 heavy (non-hydrogen) atoms. The van der Waals surface area contributed by atoms with Crippen LogP contribution in [0, 0.1) is 23.7 Å². The highest BCUT2D eigenvalue weighted by Gasteiger charge is 2.36. The average Bonchev–Trinajstić information content (AvgIpc) is 2.88. The molecule has 0 spiro atoms. The molecule has 8 N–H and O–H groups in total. The Morgan fingerprint density at radius 3 is 2.49 bits per heavy atom. The van der Waals surface area contributed by atoms with Gasteiger partial charge in [-0.05, 0) is 62.1 Å². The van der Waals surface area contributed by atoms with Gasteiger partial charge in [0.15, 0.2) is 11.7 Å². The summed E-state index contributed by atoms with van der Waals surface area (Å²) in [4.78, 5) is 55.4. The number of aliphatic imine (C=N–C) groups is 1. The second-order valence-corrected chi connectivity index (χ2v) is 10.4. The lowest BCUT2D eigenvalue weighted by Gasteiger charge is -2.29. The van der Waals surface area contributed by atoms with Crippen molar-refractivity contribution in [2.24, 2.45) is 40.1 Å². The van der Waals surface area contributed by atoms with Crippen molar-refractivity contribution in [3.63, 3.8) is 0 Å². The van der Waals surface area contributed by atoms with Crippen molar-refractivity contribution in [1.82, 2.24) is 10.8 Å². The number of hydrogen-bond acceptors (Lipinski definition) is 7. The molecule has 1 aromatic carbocycles. The number of amides is 2. The van der Waals surface area contributed by atoms with Crippen LogP contribution in [-0.4, -0.2) is 59.0 Å². The zero-order chi connectivity index (χ0) is 28.9. The number of rotatable bonds is 11. The van der Waals surface area contributed by atoms with Crippen molar-refractivity contribution in [3.05, 3.63) is 29.8 Å². The number of nitrogens with zero attached hydrogens (tertiary/aromatic N) is 1. The van der Waals surface area contributed by atoms with Gasteiger partial charge < -0.3 is 26.6 Å². The standard InChI is InChI=1S/C27H41N5O7/c1-16(2)13-21-20(25(35)32-38)6-4-12-39-19-9-7-17(8-10-19)14-22(31-24(21)34)23(33)15-18(26(36)37)5-3-11-30-27(28)29/h7-10,16,18,20-22,38H,3-6,11-15H2,1-2H3,(H,31,34)(H,32,35)(H,36,37)(H4,28,29,30)/t18-,20+,21-,22+/m1/s1. The summed E-state index contributed by atoms with van der Waals surface area (Å²) >= 11 is 0. The number of guanidine groups is 1. The molecule has 12 nitrogen and oxygen atoms in total. The van der Waals surface area contributed by atoms with E-state index in [1.807, 2.05) is 13.8 Å². The number of hydroxylamine groups is 1. The summed E-state index contributed by atoms with van der Waals surface area (Å²) in [6.07, 6.45) is 1.49. The fourth-order valence-electron chi connectivity index (χ4n) is 4.78. The summed E-state index contributed by atoms with van der Waals surface area (Å²) in [7, 11) is 0. The van der Waals surface area contributed by atoms with Gasteiger partial charge in [-0.25, -0.2) is 5.48 Å². The molecular formula is C27H41N5O7. The van der Waals surface area contributed by atoms with Gasteiger partial charge in [0.2, 0.25) is 11.8 Å². The van der Waals surface area contributed by atoms with Crippen LogP contribution < -0.4 is 27.0 Å². The summed E-state index contributed by atoms with van der Waals surface area (Å²) in [5.41, 5.74) is 13.1. The number of carboxylic acid groups (broad SMARTS) is 1. The van der Waals surface area contributed by atoms with Crippen molar-refractivity contribution < 1.29 is 34.2 Å². The number of ether oxygens (including phenoxy) is 1. The van der Waals surface area contributed by atoms with E-state index in [-0.39, 0.29) is 44.1 Å². The highest BCUT2D eigenvalue weighted by molar-refractivity contribution is 5.93. The number of carbonyl (C=O) groups is 4. The molecule has 0 saturated heterocycles. The van der Waals surface area contributed by atoms with Gasteiger partial charge in [-0.1, -0.05) is 26.0 Å². The number of hydrogen-bond donors (Lipinski definition) is 6.